The van der Waals surface area contributed by atoms with E-state index >= 15 is 0 Å². The fraction of sp³-hybridized carbons (Fsp3) is 0.692. The van der Waals surface area contributed by atoms with Gasteiger partial charge in [-0.25, -0.2) is 0 Å². The van der Waals surface area contributed by atoms with E-state index in [0.717, 1.165) is 13.2 Å². The number of hydrogen-bond acceptors (Lipinski definition) is 3. The van der Waals surface area contributed by atoms with Crippen molar-refractivity contribution in [2.45, 2.75) is 32.2 Å². The molecule has 0 aliphatic heterocycles. The molecule has 1 aliphatic rings. The van der Waals surface area contributed by atoms with Gasteiger partial charge in [0.05, 0.1) is 0 Å². The third-order valence-electron chi connectivity index (χ3n) is 3.55. The van der Waals surface area contributed by atoms with Crippen molar-refractivity contribution in [3.8, 4) is 0 Å². The van der Waals surface area contributed by atoms with Crippen molar-refractivity contribution >= 4 is 11.3 Å². The van der Waals surface area contributed by atoms with E-state index in [9.17, 15) is 0 Å². The zero-order chi connectivity index (χ0) is 11.4. The van der Waals surface area contributed by atoms with E-state index < -0.39 is 0 Å². The molecule has 2 nitrogen and oxygen atoms in total. The summed E-state index contributed by atoms with van der Waals surface area (Å²) in [5, 5.41) is 5.80. The maximum absolute atomic E-state index is 5.17. The van der Waals surface area contributed by atoms with Crippen LogP contribution in [0.1, 0.15) is 37.1 Å². The zero-order valence-electron chi connectivity index (χ0n) is 10.2. The van der Waals surface area contributed by atoms with Crippen LogP contribution in [0.5, 0.6) is 0 Å². The van der Waals surface area contributed by atoms with Gasteiger partial charge in [-0.05, 0) is 43.0 Å². The molecule has 0 aromatic carbocycles. The summed E-state index contributed by atoms with van der Waals surface area (Å²) in [5.74, 6) is 0. The predicted molar refractivity (Wildman–Crippen MR) is 68.9 cm³/mol. The summed E-state index contributed by atoms with van der Waals surface area (Å²) in [6.07, 6.45) is 3.93. The molecule has 0 amide bonds. The van der Waals surface area contributed by atoms with Gasteiger partial charge in [-0.2, -0.15) is 0 Å². The number of methoxy groups -OCH3 is 1. The molecule has 0 bridgehead atoms. The van der Waals surface area contributed by atoms with Gasteiger partial charge in [0.2, 0.25) is 0 Å². The van der Waals surface area contributed by atoms with Gasteiger partial charge >= 0.3 is 0 Å². The van der Waals surface area contributed by atoms with E-state index in [0.29, 0.717) is 11.5 Å². The Bertz CT molecular complexity index is 306. The van der Waals surface area contributed by atoms with Crippen LogP contribution >= 0.6 is 11.3 Å². The quantitative estimate of drug-likeness (QED) is 0.789. The lowest BCUT2D eigenvalue weighted by Gasteiger charge is -2.19. The maximum atomic E-state index is 5.17. The molecule has 1 saturated carbocycles. The van der Waals surface area contributed by atoms with Gasteiger partial charge in [-0.1, -0.05) is 6.07 Å². The molecule has 1 aromatic heterocycles. The Morgan fingerprint density at radius 2 is 2.38 bits per heavy atom. The Hall–Kier alpha value is -0.380. The van der Waals surface area contributed by atoms with Gasteiger partial charge in [0.15, 0.2) is 0 Å². The smallest absolute Gasteiger partial charge is 0.0468 e. The molecular formula is C13H21NOS. The summed E-state index contributed by atoms with van der Waals surface area (Å²) in [7, 11) is 1.79. The van der Waals surface area contributed by atoms with Gasteiger partial charge in [0.1, 0.15) is 0 Å². The molecule has 1 aromatic rings. The highest BCUT2D eigenvalue weighted by molar-refractivity contribution is 7.10. The van der Waals surface area contributed by atoms with E-state index in [1.165, 1.54) is 24.1 Å². The fourth-order valence-electron chi connectivity index (χ4n) is 2.02. The monoisotopic (exact) mass is 239 g/mol. The van der Waals surface area contributed by atoms with Crippen molar-refractivity contribution < 1.29 is 4.74 Å². The third kappa shape index (κ3) is 3.06. The highest BCUT2D eigenvalue weighted by atomic mass is 32.1. The van der Waals surface area contributed by atoms with Crippen LogP contribution in [0.15, 0.2) is 17.5 Å². The second kappa shape index (κ2) is 5.30. The lowest BCUT2D eigenvalue weighted by atomic mass is 10.0. The number of thiophene rings is 1. The van der Waals surface area contributed by atoms with Crippen molar-refractivity contribution in [1.29, 1.82) is 0 Å². The van der Waals surface area contributed by atoms with Crippen LogP contribution in [0.25, 0.3) is 0 Å². The SMILES string of the molecule is COCCC1(CNC(C)c2cccs2)CC1. The molecule has 0 saturated heterocycles. The molecule has 16 heavy (non-hydrogen) atoms. The highest BCUT2D eigenvalue weighted by Gasteiger charge is 2.41. The first kappa shape index (κ1) is 12.1. The minimum atomic E-state index is 0.486. The lowest BCUT2D eigenvalue weighted by Crippen LogP contribution is -2.27. The molecule has 90 valence electrons. The Balaban J connectivity index is 1.75. The molecule has 0 radical (unpaired) electrons. The van der Waals surface area contributed by atoms with Crippen LogP contribution in [-0.2, 0) is 4.74 Å². The summed E-state index contributed by atoms with van der Waals surface area (Å²) in [4.78, 5) is 1.43. The molecule has 0 spiro atoms. The normalized spacial score (nSPS) is 19.6. The Labute approximate surface area is 102 Å². The van der Waals surface area contributed by atoms with Crippen LogP contribution in [0.2, 0.25) is 0 Å². The van der Waals surface area contributed by atoms with E-state index in [2.05, 4.69) is 29.8 Å². The Morgan fingerprint density at radius 3 is 2.94 bits per heavy atom. The van der Waals surface area contributed by atoms with Gasteiger partial charge in [0.25, 0.3) is 0 Å². The van der Waals surface area contributed by atoms with Gasteiger partial charge in [-0.3, -0.25) is 0 Å². The average Bonchev–Trinajstić information content (AvgIpc) is 2.85. The van der Waals surface area contributed by atoms with Crippen LogP contribution in [0.4, 0.5) is 0 Å². The summed E-state index contributed by atoms with van der Waals surface area (Å²) < 4.78 is 5.17. The molecule has 1 fully saturated rings. The van der Waals surface area contributed by atoms with Crippen molar-refractivity contribution in [1.82, 2.24) is 5.32 Å². The zero-order valence-corrected chi connectivity index (χ0v) is 11.0. The second-order valence-electron chi connectivity index (χ2n) is 4.86. The van der Waals surface area contributed by atoms with Crippen LogP contribution in [0.3, 0.4) is 0 Å². The largest absolute Gasteiger partial charge is 0.385 e. The summed E-state index contributed by atoms with van der Waals surface area (Å²) >= 11 is 1.83. The second-order valence-corrected chi connectivity index (χ2v) is 5.84. The minimum absolute atomic E-state index is 0.486. The maximum Gasteiger partial charge on any atom is 0.0468 e. The Kier molecular flexibility index (Phi) is 4.00. The minimum Gasteiger partial charge on any atom is -0.385 e. The summed E-state index contributed by atoms with van der Waals surface area (Å²) in [6.45, 7) is 4.28. The first-order valence-electron chi connectivity index (χ1n) is 6.01. The number of nitrogens with one attached hydrogen (secondary N) is 1. The highest BCUT2D eigenvalue weighted by Crippen LogP contribution is 2.48. The molecule has 1 N–H and O–H groups in total. The number of rotatable bonds is 7. The topological polar surface area (TPSA) is 21.3 Å². The van der Waals surface area contributed by atoms with E-state index in [1.54, 1.807) is 7.11 Å². The number of hydrogen-bond donors (Lipinski definition) is 1. The Morgan fingerprint density at radius 1 is 1.56 bits per heavy atom. The van der Waals surface area contributed by atoms with Crippen molar-refractivity contribution in [2.24, 2.45) is 5.41 Å². The molecule has 1 unspecified atom stereocenters. The van der Waals surface area contributed by atoms with Crippen LogP contribution in [0, 0.1) is 5.41 Å². The van der Waals surface area contributed by atoms with E-state index in [4.69, 9.17) is 4.74 Å². The molecular weight excluding hydrogens is 218 g/mol. The lowest BCUT2D eigenvalue weighted by molar-refractivity contribution is 0.170. The first-order valence-corrected chi connectivity index (χ1v) is 6.89. The molecule has 2 rings (SSSR count). The van der Waals surface area contributed by atoms with Gasteiger partial charge in [0, 0.05) is 31.2 Å². The van der Waals surface area contributed by atoms with Gasteiger partial charge < -0.3 is 10.1 Å². The average molecular weight is 239 g/mol. The predicted octanol–water partition coefficient (Wildman–Crippen LogP) is 3.22. The number of ether oxygens (including phenoxy) is 1. The molecule has 3 heteroatoms. The molecule has 1 aliphatic carbocycles. The van der Waals surface area contributed by atoms with Gasteiger partial charge in [-0.15, -0.1) is 11.3 Å². The molecule has 1 heterocycles. The third-order valence-corrected chi connectivity index (χ3v) is 4.60. The standard InChI is InChI=1S/C13H21NOS/c1-11(12-4-3-9-16-12)14-10-13(5-6-13)7-8-15-2/h3-4,9,11,14H,5-8,10H2,1-2H3. The van der Waals surface area contributed by atoms with Crippen molar-refractivity contribution in [3.05, 3.63) is 22.4 Å². The van der Waals surface area contributed by atoms with Crippen molar-refractivity contribution in [3.63, 3.8) is 0 Å². The molecule has 1 atom stereocenters. The fourth-order valence-corrected chi connectivity index (χ4v) is 2.78. The van der Waals surface area contributed by atoms with Crippen LogP contribution in [-0.4, -0.2) is 20.3 Å². The van der Waals surface area contributed by atoms with Crippen LogP contribution < -0.4 is 5.32 Å². The first-order chi connectivity index (χ1) is 7.76. The summed E-state index contributed by atoms with van der Waals surface area (Å²) in [5.41, 5.74) is 0.543. The summed E-state index contributed by atoms with van der Waals surface area (Å²) in [6, 6.07) is 4.81. The van der Waals surface area contributed by atoms with Crippen molar-refractivity contribution in [2.75, 3.05) is 20.3 Å². The van der Waals surface area contributed by atoms with E-state index in [1.807, 2.05) is 11.3 Å². The van der Waals surface area contributed by atoms with E-state index in [-0.39, 0.29) is 0 Å².